The third-order valence-corrected chi connectivity index (χ3v) is 2.37. The summed E-state index contributed by atoms with van der Waals surface area (Å²) in [6, 6.07) is 3.34. The summed E-state index contributed by atoms with van der Waals surface area (Å²) in [4.78, 5) is 15.5. The van der Waals surface area contributed by atoms with E-state index in [9.17, 15) is 4.79 Å². The van der Waals surface area contributed by atoms with Gasteiger partial charge in [0.15, 0.2) is 0 Å². The van der Waals surface area contributed by atoms with Gasteiger partial charge in [-0.3, -0.25) is 4.79 Å². The van der Waals surface area contributed by atoms with E-state index in [0.717, 1.165) is 12.8 Å². The highest BCUT2D eigenvalue weighted by atomic mass is 35.5. The summed E-state index contributed by atoms with van der Waals surface area (Å²) in [5.74, 6) is -0.185. The lowest BCUT2D eigenvalue weighted by molar-refractivity contribution is 0.0951. The summed E-state index contributed by atoms with van der Waals surface area (Å²) in [5, 5.41) is 3.01. The molecule has 16 heavy (non-hydrogen) atoms. The molecule has 0 fully saturated rings. The smallest absolute Gasteiger partial charge is 0.254 e. The van der Waals surface area contributed by atoms with Gasteiger partial charge in [0.25, 0.3) is 5.91 Å². The Balaban J connectivity index is 2.33. The van der Waals surface area contributed by atoms with Crippen LogP contribution in [0.25, 0.3) is 0 Å². The van der Waals surface area contributed by atoms with E-state index in [1.807, 2.05) is 0 Å². The number of rotatable bonds is 6. The van der Waals surface area contributed by atoms with Crippen LogP contribution in [0.5, 0.6) is 0 Å². The van der Waals surface area contributed by atoms with Crippen molar-refractivity contribution in [2.75, 3.05) is 20.3 Å². The maximum absolute atomic E-state index is 11.6. The molecule has 0 atom stereocenters. The number of carbonyl (C=O) groups is 1. The molecule has 88 valence electrons. The average molecular weight is 243 g/mol. The molecule has 0 unspecified atom stereocenters. The van der Waals surface area contributed by atoms with Crippen LogP contribution in [-0.4, -0.2) is 31.2 Å². The number of methoxy groups -OCH3 is 1. The average Bonchev–Trinajstić information content (AvgIpc) is 2.29. The van der Waals surface area contributed by atoms with E-state index in [-0.39, 0.29) is 11.1 Å². The number of aromatic nitrogens is 1. The van der Waals surface area contributed by atoms with E-state index in [1.54, 1.807) is 25.4 Å². The van der Waals surface area contributed by atoms with Crippen LogP contribution in [0.15, 0.2) is 18.3 Å². The molecule has 1 N–H and O–H groups in total. The minimum absolute atomic E-state index is 0.185. The molecular weight excluding hydrogens is 228 g/mol. The molecule has 1 heterocycles. The lowest BCUT2D eigenvalue weighted by atomic mass is 10.2. The number of pyridine rings is 1. The topological polar surface area (TPSA) is 51.2 Å². The molecule has 0 spiro atoms. The molecule has 0 aliphatic heterocycles. The zero-order chi connectivity index (χ0) is 11.8. The van der Waals surface area contributed by atoms with Crippen LogP contribution in [0.1, 0.15) is 23.2 Å². The lowest BCUT2D eigenvalue weighted by Gasteiger charge is -2.05. The van der Waals surface area contributed by atoms with Crippen molar-refractivity contribution in [3.63, 3.8) is 0 Å². The molecule has 4 nitrogen and oxygen atoms in total. The largest absolute Gasteiger partial charge is 0.385 e. The van der Waals surface area contributed by atoms with E-state index in [1.165, 1.54) is 0 Å². The Morgan fingerprint density at radius 2 is 2.38 bits per heavy atom. The van der Waals surface area contributed by atoms with Crippen molar-refractivity contribution in [2.24, 2.45) is 0 Å². The fourth-order valence-corrected chi connectivity index (χ4v) is 1.43. The number of hydrogen-bond donors (Lipinski definition) is 1. The highest BCUT2D eigenvalue weighted by Crippen LogP contribution is 2.10. The SMILES string of the molecule is COCCCCNC(=O)c1cccnc1Cl. The predicted octanol–water partition coefficient (Wildman–Crippen LogP) is 1.89. The minimum Gasteiger partial charge on any atom is -0.385 e. The van der Waals surface area contributed by atoms with Gasteiger partial charge < -0.3 is 10.1 Å². The number of nitrogens with one attached hydrogen (secondary N) is 1. The Kier molecular flexibility index (Phi) is 5.82. The number of hydrogen-bond acceptors (Lipinski definition) is 3. The number of unbranched alkanes of at least 4 members (excludes halogenated alkanes) is 1. The molecule has 1 aromatic rings. The molecule has 0 bridgehead atoms. The van der Waals surface area contributed by atoms with Crippen molar-refractivity contribution in [3.05, 3.63) is 29.0 Å². The molecule has 1 rings (SSSR count). The number of carbonyl (C=O) groups excluding carboxylic acids is 1. The summed E-state index contributed by atoms with van der Waals surface area (Å²) in [6.45, 7) is 1.33. The van der Waals surface area contributed by atoms with E-state index < -0.39 is 0 Å². The van der Waals surface area contributed by atoms with Gasteiger partial charge in [0, 0.05) is 26.5 Å². The highest BCUT2D eigenvalue weighted by Gasteiger charge is 2.09. The summed E-state index contributed by atoms with van der Waals surface area (Å²) in [6.07, 6.45) is 3.37. The zero-order valence-electron chi connectivity index (χ0n) is 9.20. The van der Waals surface area contributed by atoms with Gasteiger partial charge in [0.05, 0.1) is 5.56 Å². The standard InChI is InChI=1S/C11H15ClN2O2/c1-16-8-3-2-6-14-11(15)9-5-4-7-13-10(9)12/h4-5,7H,2-3,6,8H2,1H3,(H,14,15). The first kappa shape index (κ1) is 12.9. The molecule has 0 saturated heterocycles. The summed E-state index contributed by atoms with van der Waals surface area (Å²) in [7, 11) is 1.66. The predicted molar refractivity (Wildman–Crippen MR) is 62.7 cm³/mol. The van der Waals surface area contributed by atoms with Crippen LogP contribution in [-0.2, 0) is 4.74 Å². The molecule has 1 aromatic heterocycles. The Labute approximate surface area is 100.0 Å². The molecule has 0 radical (unpaired) electrons. The third-order valence-electron chi connectivity index (χ3n) is 2.06. The van der Waals surface area contributed by atoms with Crippen molar-refractivity contribution < 1.29 is 9.53 Å². The van der Waals surface area contributed by atoms with E-state index in [2.05, 4.69) is 10.3 Å². The zero-order valence-corrected chi connectivity index (χ0v) is 9.96. The first-order valence-electron chi connectivity index (χ1n) is 5.13. The Morgan fingerprint density at radius 1 is 1.56 bits per heavy atom. The first-order chi connectivity index (χ1) is 7.75. The van der Waals surface area contributed by atoms with Crippen LogP contribution >= 0.6 is 11.6 Å². The Bertz CT molecular complexity index is 345. The van der Waals surface area contributed by atoms with Crippen molar-refractivity contribution >= 4 is 17.5 Å². The molecule has 1 amide bonds. The number of nitrogens with zero attached hydrogens (tertiary/aromatic N) is 1. The quantitative estimate of drug-likeness (QED) is 0.612. The summed E-state index contributed by atoms with van der Waals surface area (Å²) < 4.78 is 4.91. The molecular formula is C11H15ClN2O2. The normalized spacial score (nSPS) is 10.1. The number of halogens is 1. The van der Waals surface area contributed by atoms with E-state index >= 15 is 0 Å². The van der Waals surface area contributed by atoms with Gasteiger partial charge in [0.2, 0.25) is 0 Å². The molecule has 0 aliphatic rings. The highest BCUT2D eigenvalue weighted by molar-refractivity contribution is 6.32. The molecule has 5 heteroatoms. The maximum Gasteiger partial charge on any atom is 0.254 e. The summed E-state index contributed by atoms with van der Waals surface area (Å²) in [5.41, 5.74) is 0.413. The van der Waals surface area contributed by atoms with Crippen LogP contribution < -0.4 is 5.32 Å². The maximum atomic E-state index is 11.6. The van der Waals surface area contributed by atoms with E-state index in [0.29, 0.717) is 18.7 Å². The minimum atomic E-state index is -0.185. The van der Waals surface area contributed by atoms with Crippen molar-refractivity contribution in [3.8, 4) is 0 Å². The summed E-state index contributed by atoms with van der Waals surface area (Å²) >= 11 is 5.79. The van der Waals surface area contributed by atoms with Crippen molar-refractivity contribution in [2.45, 2.75) is 12.8 Å². The fraction of sp³-hybridized carbons (Fsp3) is 0.455. The van der Waals surface area contributed by atoms with Crippen molar-refractivity contribution in [1.29, 1.82) is 0 Å². The van der Waals surface area contributed by atoms with Crippen molar-refractivity contribution in [1.82, 2.24) is 10.3 Å². The molecule has 0 aliphatic carbocycles. The second-order valence-electron chi connectivity index (χ2n) is 3.30. The second kappa shape index (κ2) is 7.19. The van der Waals surface area contributed by atoms with Crippen LogP contribution in [0, 0.1) is 0 Å². The van der Waals surface area contributed by atoms with E-state index in [4.69, 9.17) is 16.3 Å². The van der Waals surface area contributed by atoms with Gasteiger partial charge in [0.1, 0.15) is 5.15 Å². The van der Waals surface area contributed by atoms with Crippen LogP contribution in [0.2, 0.25) is 5.15 Å². The molecule has 0 saturated carbocycles. The monoisotopic (exact) mass is 242 g/mol. The number of ether oxygens (including phenoxy) is 1. The van der Waals surface area contributed by atoms with Gasteiger partial charge in [-0.05, 0) is 25.0 Å². The van der Waals surface area contributed by atoms with Gasteiger partial charge >= 0.3 is 0 Å². The van der Waals surface area contributed by atoms with Gasteiger partial charge in [-0.2, -0.15) is 0 Å². The van der Waals surface area contributed by atoms with Gasteiger partial charge in [-0.15, -0.1) is 0 Å². The second-order valence-corrected chi connectivity index (χ2v) is 3.66. The first-order valence-corrected chi connectivity index (χ1v) is 5.51. The lowest BCUT2D eigenvalue weighted by Crippen LogP contribution is -2.25. The van der Waals surface area contributed by atoms with Crippen LogP contribution in [0.4, 0.5) is 0 Å². The third kappa shape index (κ3) is 4.16. The Morgan fingerprint density at radius 3 is 3.06 bits per heavy atom. The fourth-order valence-electron chi connectivity index (χ4n) is 1.22. The van der Waals surface area contributed by atoms with Crippen LogP contribution in [0.3, 0.4) is 0 Å². The Hall–Kier alpha value is -1.13. The van der Waals surface area contributed by atoms with Gasteiger partial charge in [-0.1, -0.05) is 11.6 Å². The number of amides is 1. The molecule has 0 aromatic carbocycles. The van der Waals surface area contributed by atoms with Gasteiger partial charge in [-0.25, -0.2) is 4.98 Å².